The first-order valence-corrected chi connectivity index (χ1v) is 8.15. The fraction of sp³-hybridized carbons (Fsp3) is 0.611. The van der Waals surface area contributed by atoms with Gasteiger partial charge in [0.15, 0.2) is 6.61 Å². The predicted octanol–water partition coefficient (Wildman–Crippen LogP) is 2.67. The number of carbonyl (C=O) groups excluding carboxylic acids is 2. The monoisotopic (exact) mass is 316 g/mol. The van der Waals surface area contributed by atoms with Crippen LogP contribution in [0.15, 0.2) is 24.5 Å². The van der Waals surface area contributed by atoms with Crippen LogP contribution >= 0.6 is 0 Å². The second-order valence-corrected chi connectivity index (χ2v) is 8.05. The molecule has 0 N–H and O–H groups in total. The summed E-state index contributed by atoms with van der Waals surface area (Å²) in [5.41, 5.74) is 0.874. The highest BCUT2D eigenvalue weighted by atomic mass is 16.5. The quantitative estimate of drug-likeness (QED) is 0.804. The van der Waals surface area contributed by atoms with Gasteiger partial charge in [0.1, 0.15) is 0 Å². The Morgan fingerprint density at radius 3 is 2.65 bits per heavy atom. The molecule has 5 heteroatoms. The molecule has 1 aliphatic heterocycles. The summed E-state index contributed by atoms with van der Waals surface area (Å²) in [6.07, 6.45) is 6.28. The fourth-order valence-electron chi connectivity index (χ4n) is 4.53. The molecular weight excluding hydrogens is 292 g/mol. The molecule has 1 aromatic rings. The smallest absolute Gasteiger partial charge is 0.338 e. The molecule has 124 valence electrons. The third-order valence-corrected chi connectivity index (χ3v) is 4.98. The first-order valence-electron chi connectivity index (χ1n) is 8.15. The molecule has 0 unspecified atom stereocenters. The Morgan fingerprint density at radius 1 is 1.26 bits per heavy atom. The van der Waals surface area contributed by atoms with Gasteiger partial charge in [-0.25, -0.2) is 4.79 Å². The van der Waals surface area contributed by atoms with Gasteiger partial charge >= 0.3 is 5.97 Å². The molecule has 2 bridgehead atoms. The van der Waals surface area contributed by atoms with Gasteiger partial charge in [-0.05, 0) is 42.2 Å². The lowest BCUT2D eigenvalue weighted by Gasteiger charge is -2.39. The van der Waals surface area contributed by atoms with E-state index in [-0.39, 0.29) is 29.4 Å². The Bertz CT molecular complexity index is 614. The number of carbonyl (C=O) groups is 2. The minimum absolute atomic E-state index is 0.0844. The van der Waals surface area contributed by atoms with Crippen molar-refractivity contribution in [1.29, 1.82) is 0 Å². The highest BCUT2D eigenvalue weighted by Gasteiger charge is 2.50. The van der Waals surface area contributed by atoms with Crippen LogP contribution in [0.4, 0.5) is 0 Å². The number of aromatic nitrogens is 1. The molecule has 2 aliphatic rings. The van der Waals surface area contributed by atoms with Gasteiger partial charge in [0, 0.05) is 25.0 Å². The Kier molecular flexibility index (Phi) is 3.90. The number of esters is 1. The van der Waals surface area contributed by atoms with E-state index in [1.165, 1.54) is 12.4 Å². The molecule has 1 amide bonds. The lowest BCUT2D eigenvalue weighted by atomic mass is 9.65. The minimum Gasteiger partial charge on any atom is -0.452 e. The molecule has 1 saturated heterocycles. The lowest BCUT2D eigenvalue weighted by molar-refractivity contribution is -0.135. The van der Waals surface area contributed by atoms with Crippen molar-refractivity contribution in [3.63, 3.8) is 0 Å². The number of ether oxygens (including phenoxy) is 1. The SMILES string of the molecule is CC1(C)C[C@@H]2C[C@@](C)(CN2C(=O)COC(=O)c2ccncc2)C1. The van der Waals surface area contributed by atoms with E-state index in [0.717, 1.165) is 25.8 Å². The van der Waals surface area contributed by atoms with Gasteiger partial charge < -0.3 is 9.64 Å². The summed E-state index contributed by atoms with van der Waals surface area (Å²) in [7, 11) is 0. The largest absolute Gasteiger partial charge is 0.452 e. The van der Waals surface area contributed by atoms with E-state index in [0.29, 0.717) is 5.56 Å². The van der Waals surface area contributed by atoms with E-state index < -0.39 is 5.97 Å². The molecule has 0 radical (unpaired) electrons. The van der Waals surface area contributed by atoms with Crippen LogP contribution in [0, 0.1) is 10.8 Å². The highest BCUT2D eigenvalue weighted by Crippen LogP contribution is 2.52. The predicted molar refractivity (Wildman–Crippen MR) is 85.8 cm³/mol. The van der Waals surface area contributed by atoms with Crippen LogP contribution in [-0.4, -0.2) is 41.0 Å². The Labute approximate surface area is 137 Å². The second kappa shape index (κ2) is 5.62. The molecule has 1 saturated carbocycles. The number of amides is 1. The molecule has 1 aromatic heterocycles. The first kappa shape index (κ1) is 16.0. The van der Waals surface area contributed by atoms with Crippen molar-refractivity contribution >= 4 is 11.9 Å². The van der Waals surface area contributed by atoms with Crippen molar-refractivity contribution < 1.29 is 14.3 Å². The summed E-state index contributed by atoms with van der Waals surface area (Å²) in [5, 5.41) is 0. The second-order valence-electron chi connectivity index (χ2n) is 8.05. The van der Waals surface area contributed by atoms with Crippen molar-refractivity contribution in [3.05, 3.63) is 30.1 Å². The number of hydrogen-bond acceptors (Lipinski definition) is 4. The Hall–Kier alpha value is -1.91. The van der Waals surface area contributed by atoms with Crippen molar-refractivity contribution in [2.75, 3.05) is 13.2 Å². The standard InChI is InChI=1S/C18H24N2O3/c1-17(2)8-14-9-18(3,11-17)12-20(14)15(21)10-23-16(22)13-4-6-19-7-5-13/h4-7,14H,8-12H2,1-3H3/t14-,18-/m1/s1. The normalized spacial score (nSPS) is 28.5. The maximum Gasteiger partial charge on any atom is 0.338 e. The number of nitrogens with zero attached hydrogens (tertiary/aromatic N) is 2. The van der Waals surface area contributed by atoms with E-state index >= 15 is 0 Å². The van der Waals surface area contributed by atoms with Gasteiger partial charge in [0.05, 0.1) is 5.56 Å². The van der Waals surface area contributed by atoms with E-state index in [1.54, 1.807) is 12.1 Å². The van der Waals surface area contributed by atoms with Crippen molar-refractivity contribution in [3.8, 4) is 0 Å². The van der Waals surface area contributed by atoms with Gasteiger partial charge in [0.2, 0.25) is 0 Å². The number of rotatable bonds is 3. The van der Waals surface area contributed by atoms with Gasteiger partial charge in [-0.15, -0.1) is 0 Å². The van der Waals surface area contributed by atoms with Crippen molar-refractivity contribution in [2.24, 2.45) is 10.8 Å². The van der Waals surface area contributed by atoms with Crippen LogP contribution in [0.25, 0.3) is 0 Å². The molecule has 3 rings (SSSR count). The van der Waals surface area contributed by atoms with Crippen LogP contribution in [0.1, 0.15) is 50.4 Å². The van der Waals surface area contributed by atoms with Crippen LogP contribution in [0.3, 0.4) is 0 Å². The molecule has 2 fully saturated rings. The number of pyridine rings is 1. The summed E-state index contributed by atoms with van der Waals surface area (Å²) in [6, 6.07) is 3.44. The number of fused-ring (bicyclic) bond motifs is 2. The summed E-state index contributed by atoms with van der Waals surface area (Å²) in [5.74, 6) is -0.562. The summed E-state index contributed by atoms with van der Waals surface area (Å²) < 4.78 is 5.18. The molecule has 0 spiro atoms. The van der Waals surface area contributed by atoms with E-state index in [9.17, 15) is 9.59 Å². The minimum atomic E-state index is -0.477. The van der Waals surface area contributed by atoms with Crippen molar-refractivity contribution in [2.45, 2.75) is 46.1 Å². The zero-order valence-corrected chi connectivity index (χ0v) is 14.0. The highest BCUT2D eigenvalue weighted by molar-refractivity contribution is 5.91. The zero-order valence-electron chi connectivity index (χ0n) is 14.0. The zero-order chi connectivity index (χ0) is 16.7. The third kappa shape index (κ3) is 3.38. The van der Waals surface area contributed by atoms with E-state index in [4.69, 9.17) is 4.74 Å². The molecule has 1 aliphatic carbocycles. The molecular formula is C18H24N2O3. The van der Waals surface area contributed by atoms with Gasteiger partial charge in [-0.1, -0.05) is 20.8 Å². The average Bonchev–Trinajstić information content (AvgIpc) is 2.74. The number of likely N-dealkylation sites (tertiary alicyclic amines) is 1. The van der Waals surface area contributed by atoms with Crippen LogP contribution in [0.5, 0.6) is 0 Å². The van der Waals surface area contributed by atoms with Gasteiger partial charge in [-0.3, -0.25) is 9.78 Å². The molecule has 23 heavy (non-hydrogen) atoms. The van der Waals surface area contributed by atoms with Crippen LogP contribution in [-0.2, 0) is 9.53 Å². The van der Waals surface area contributed by atoms with E-state index in [1.807, 2.05) is 4.90 Å². The molecule has 0 aromatic carbocycles. The first-order chi connectivity index (χ1) is 10.8. The maximum absolute atomic E-state index is 12.5. The van der Waals surface area contributed by atoms with Crippen LogP contribution < -0.4 is 0 Å². The summed E-state index contributed by atoms with van der Waals surface area (Å²) in [6.45, 7) is 7.39. The Balaban J connectivity index is 1.60. The molecule has 2 atom stereocenters. The summed E-state index contributed by atoms with van der Waals surface area (Å²) in [4.78, 5) is 30.2. The Morgan fingerprint density at radius 2 is 1.96 bits per heavy atom. The van der Waals surface area contributed by atoms with Gasteiger partial charge in [-0.2, -0.15) is 0 Å². The molecule has 2 heterocycles. The van der Waals surface area contributed by atoms with Crippen LogP contribution in [0.2, 0.25) is 0 Å². The number of hydrogen-bond donors (Lipinski definition) is 0. The third-order valence-electron chi connectivity index (χ3n) is 4.98. The topological polar surface area (TPSA) is 59.5 Å². The van der Waals surface area contributed by atoms with Crippen molar-refractivity contribution in [1.82, 2.24) is 9.88 Å². The average molecular weight is 316 g/mol. The maximum atomic E-state index is 12.5. The van der Waals surface area contributed by atoms with Gasteiger partial charge in [0.25, 0.3) is 5.91 Å². The molecule has 5 nitrogen and oxygen atoms in total. The summed E-state index contributed by atoms with van der Waals surface area (Å²) >= 11 is 0. The van der Waals surface area contributed by atoms with E-state index in [2.05, 4.69) is 25.8 Å². The lowest BCUT2D eigenvalue weighted by Crippen LogP contribution is -2.39. The fourth-order valence-corrected chi connectivity index (χ4v) is 4.53.